The monoisotopic (exact) mass is 336 g/mol. The third-order valence-corrected chi connectivity index (χ3v) is 4.94. The Hall–Kier alpha value is -2.62. The molecule has 1 saturated carbocycles. The fourth-order valence-electron chi connectivity index (χ4n) is 3.32. The van der Waals surface area contributed by atoms with E-state index in [2.05, 4.69) is 22.8 Å². The fraction of sp³-hybridized carbons (Fsp3) is 0.333. The van der Waals surface area contributed by atoms with E-state index in [0.29, 0.717) is 12.1 Å². The highest BCUT2D eigenvalue weighted by Crippen LogP contribution is 2.41. The molecule has 0 aromatic heterocycles. The summed E-state index contributed by atoms with van der Waals surface area (Å²) >= 11 is 0. The van der Waals surface area contributed by atoms with Gasteiger partial charge in [0.05, 0.1) is 5.54 Å². The number of amides is 2. The van der Waals surface area contributed by atoms with Crippen molar-refractivity contribution in [1.82, 2.24) is 10.6 Å². The molecule has 0 bridgehead atoms. The van der Waals surface area contributed by atoms with Crippen LogP contribution in [0.5, 0.6) is 0 Å². The minimum atomic E-state index is -0.224. The van der Waals surface area contributed by atoms with Gasteiger partial charge in [0.25, 0.3) is 5.91 Å². The quantitative estimate of drug-likeness (QED) is 0.850. The molecule has 0 radical (unpaired) electrons. The number of aryl methyl sites for hydroxylation is 1. The molecule has 0 aliphatic heterocycles. The van der Waals surface area contributed by atoms with Crippen LogP contribution in [0.1, 0.15) is 47.2 Å². The van der Waals surface area contributed by atoms with Crippen molar-refractivity contribution in [2.75, 3.05) is 6.54 Å². The first-order chi connectivity index (χ1) is 12.1. The van der Waals surface area contributed by atoms with Crippen LogP contribution in [-0.4, -0.2) is 18.4 Å². The molecule has 2 aromatic rings. The lowest BCUT2D eigenvalue weighted by molar-refractivity contribution is -0.124. The van der Waals surface area contributed by atoms with E-state index in [1.807, 2.05) is 43.3 Å². The topological polar surface area (TPSA) is 58.2 Å². The van der Waals surface area contributed by atoms with Gasteiger partial charge in [0.2, 0.25) is 5.91 Å². The summed E-state index contributed by atoms with van der Waals surface area (Å²) in [6.07, 6.45) is 3.35. The number of hydrogen-bond donors (Lipinski definition) is 2. The van der Waals surface area contributed by atoms with Gasteiger partial charge in [-0.3, -0.25) is 9.59 Å². The predicted molar refractivity (Wildman–Crippen MR) is 98.2 cm³/mol. The Morgan fingerprint density at radius 3 is 2.32 bits per heavy atom. The Morgan fingerprint density at radius 2 is 1.68 bits per heavy atom. The van der Waals surface area contributed by atoms with Gasteiger partial charge in [-0.25, -0.2) is 0 Å². The molecule has 0 unspecified atom stereocenters. The SMILES string of the molecule is Cc1ccccc1C(=O)NCCC(=O)NC1(c2ccccc2)CCC1. The second-order valence-corrected chi connectivity index (χ2v) is 6.67. The highest BCUT2D eigenvalue weighted by Gasteiger charge is 2.39. The zero-order valence-corrected chi connectivity index (χ0v) is 14.5. The summed E-state index contributed by atoms with van der Waals surface area (Å²) in [6.45, 7) is 2.24. The molecule has 130 valence electrons. The summed E-state index contributed by atoms with van der Waals surface area (Å²) in [4.78, 5) is 24.5. The van der Waals surface area contributed by atoms with E-state index in [1.165, 1.54) is 5.56 Å². The van der Waals surface area contributed by atoms with Crippen molar-refractivity contribution in [3.8, 4) is 0 Å². The maximum Gasteiger partial charge on any atom is 0.251 e. The first kappa shape index (κ1) is 17.2. The largest absolute Gasteiger partial charge is 0.352 e. The van der Waals surface area contributed by atoms with Crippen LogP contribution in [0.4, 0.5) is 0 Å². The van der Waals surface area contributed by atoms with Crippen LogP contribution in [-0.2, 0) is 10.3 Å². The van der Waals surface area contributed by atoms with E-state index in [-0.39, 0.29) is 23.8 Å². The van der Waals surface area contributed by atoms with Crippen LogP contribution >= 0.6 is 0 Å². The molecular weight excluding hydrogens is 312 g/mol. The number of hydrogen-bond acceptors (Lipinski definition) is 2. The maximum absolute atomic E-state index is 12.3. The van der Waals surface area contributed by atoms with Gasteiger partial charge in [-0.05, 0) is 43.4 Å². The Morgan fingerprint density at radius 1 is 1.00 bits per heavy atom. The molecule has 0 atom stereocenters. The highest BCUT2D eigenvalue weighted by atomic mass is 16.2. The van der Waals surface area contributed by atoms with Crippen molar-refractivity contribution < 1.29 is 9.59 Å². The summed E-state index contributed by atoms with van der Waals surface area (Å²) < 4.78 is 0. The zero-order chi connectivity index (χ0) is 17.7. The summed E-state index contributed by atoms with van der Waals surface area (Å²) in [5.74, 6) is -0.152. The normalized spacial score (nSPS) is 15.1. The lowest BCUT2D eigenvalue weighted by Gasteiger charge is -2.43. The van der Waals surface area contributed by atoms with Gasteiger partial charge < -0.3 is 10.6 Å². The maximum atomic E-state index is 12.3. The molecule has 0 saturated heterocycles. The van der Waals surface area contributed by atoms with Crippen LogP contribution in [0.25, 0.3) is 0 Å². The Bertz CT molecular complexity index is 752. The van der Waals surface area contributed by atoms with Gasteiger partial charge in [-0.2, -0.15) is 0 Å². The molecule has 4 heteroatoms. The number of carbonyl (C=O) groups excluding carboxylic acids is 2. The van der Waals surface area contributed by atoms with Crippen LogP contribution in [0.3, 0.4) is 0 Å². The van der Waals surface area contributed by atoms with Crippen LogP contribution in [0, 0.1) is 6.92 Å². The van der Waals surface area contributed by atoms with Crippen molar-refractivity contribution in [3.63, 3.8) is 0 Å². The van der Waals surface area contributed by atoms with E-state index in [9.17, 15) is 9.59 Å². The van der Waals surface area contributed by atoms with E-state index in [4.69, 9.17) is 0 Å². The number of carbonyl (C=O) groups is 2. The fourth-order valence-corrected chi connectivity index (χ4v) is 3.32. The molecule has 1 aliphatic rings. The lowest BCUT2D eigenvalue weighted by Crippen LogP contribution is -2.51. The Kier molecular flexibility index (Phi) is 5.17. The third kappa shape index (κ3) is 3.90. The molecule has 1 fully saturated rings. The molecule has 0 spiro atoms. The van der Waals surface area contributed by atoms with Gasteiger partial charge >= 0.3 is 0 Å². The summed E-state index contributed by atoms with van der Waals surface area (Å²) in [5, 5.41) is 6.01. The molecule has 4 nitrogen and oxygen atoms in total. The average molecular weight is 336 g/mol. The first-order valence-electron chi connectivity index (χ1n) is 8.81. The van der Waals surface area contributed by atoms with Crippen molar-refractivity contribution >= 4 is 11.8 Å². The van der Waals surface area contributed by atoms with Crippen LogP contribution in [0.2, 0.25) is 0 Å². The van der Waals surface area contributed by atoms with Crippen LogP contribution in [0.15, 0.2) is 54.6 Å². The van der Waals surface area contributed by atoms with Gasteiger partial charge in [0.15, 0.2) is 0 Å². The number of benzene rings is 2. The van der Waals surface area contributed by atoms with E-state index >= 15 is 0 Å². The molecule has 2 N–H and O–H groups in total. The van der Waals surface area contributed by atoms with Crippen molar-refractivity contribution in [1.29, 1.82) is 0 Å². The van der Waals surface area contributed by atoms with Crippen molar-refractivity contribution in [2.24, 2.45) is 0 Å². The third-order valence-electron chi connectivity index (χ3n) is 4.94. The van der Waals surface area contributed by atoms with E-state index in [1.54, 1.807) is 6.07 Å². The molecular formula is C21H24N2O2. The highest BCUT2D eigenvalue weighted by molar-refractivity contribution is 5.95. The number of nitrogens with one attached hydrogen (secondary N) is 2. The minimum Gasteiger partial charge on any atom is -0.352 e. The van der Waals surface area contributed by atoms with E-state index < -0.39 is 0 Å². The summed E-state index contributed by atoms with van der Waals surface area (Å²) in [7, 11) is 0. The molecule has 25 heavy (non-hydrogen) atoms. The Balaban J connectivity index is 1.51. The second kappa shape index (κ2) is 7.51. The van der Waals surface area contributed by atoms with Crippen molar-refractivity contribution in [3.05, 3.63) is 71.3 Å². The Labute approximate surface area is 148 Å². The molecule has 2 amide bonds. The molecule has 3 rings (SSSR count). The first-order valence-corrected chi connectivity index (χ1v) is 8.81. The van der Waals surface area contributed by atoms with Gasteiger partial charge in [-0.1, -0.05) is 48.5 Å². The van der Waals surface area contributed by atoms with Gasteiger partial charge in [0, 0.05) is 18.5 Å². The molecule has 1 aliphatic carbocycles. The van der Waals surface area contributed by atoms with E-state index in [0.717, 1.165) is 24.8 Å². The summed E-state index contributed by atoms with van der Waals surface area (Å²) in [5.41, 5.74) is 2.53. The average Bonchev–Trinajstić information content (AvgIpc) is 2.59. The van der Waals surface area contributed by atoms with Crippen LogP contribution < -0.4 is 10.6 Å². The minimum absolute atomic E-state index is 0.0198. The number of rotatable bonds is 6. The summed E-state index contributed by atoms with van der Waals surface area (Å²) in [6, 6.07) is 17.6. The predicted octanol–water partition coefficient (Wildman–Crippen LogP) is 3.31. The molecule has 2 aromatic carbocycles. The zero-order valence-electron chi connectivity index (χ0n) is 14.5. The van der Waals surface area contributed by atoms with Gasteiger partial charge in [0.1, 0.15) is 0 Å². The lowest BCUT2D eigenvalue weighted by atomic mass is 9.71. The smallest absolute Gasteiger partial charge is 0.251 e. The van der Waals surface area contributed by atoms with Crippen molar-refractivity contribution in [2.45, 2.75) is 38.1 Å². The molecule has 0 heterocycles. The van der Waals surface area contributed by atoms with Gasteiger partial charge in [-0.15, -0.1) is 0 Å². The second-order valence-electron chi connectivity index (χ2n) is 6.67. The standard InChI is InChI=1S/C21H24N2O2/c1-16-8-5-6-11-18(16)20(25)22-15-12-19(24)23-21(13-7-14-21)17-9-3-2-4-10-17/h2-6,8-11H,7,12-15H2,1H3,(H,22,25)(H,23,24).